The summed E-state index contributed by atoms with van der Waals surface area (Å²) in [6.45, 7) is 0. The van der Waals surface area contributed by atoms with Crippen molar-refractivity contribution in [1.29, 1.82) is 0 Å². The van der Waals surface area contributed by atoms with Crippen LogP contribution in [0.25, 0.3) is 0 Å². The Morgan fingerprint density at radius 3 is 2.84 bits per heavy atom. The van der Waals surface area contributed by atoms with Gasteiger partial charge in [-0.25, -0.2) is 4.98 Å². The van der Waals surface area contributed by atoms with Gasteiger partial charge >= 0.3 is 0 Å². The third-order valence-corrected chi connectivity index (χ3v) is 3.23. The van der Waals surface area contributed by atoms with Crippen molar-refractivity contribution in [2.24, 2.45) is 0 Å². The number of aromatic nitrogens is 1. The third-order valence-electron chi connectivity index (χ3n) is 2.33. The van der Waals surface area contributed by atoms with Gasteiger partial charge in [-0.2, -0.15) is 0 Å². The number of halogens is 2. The maximum Gasteiger partial charge on any atom is 0.271 e. The summed E-state index contributed by atoms with van der Waals surface area (Å²) in [6, 6.07) is 7.68. The van der Waals surface area contributed by atoms with E-state index in [0.717, 1.165) is 5.56 Å². The van der Waals surface area contributed by atoms with Gasteiger partial charge in [0.15, 0.2) is 0 Å². The van der Waals surface area contributed by atoms with Crippen LogP contribution in [0.2, 0.25) is 5.02 Å². The molecule has 0 aliphatic heterocycles. The van der Waals surface area contributed by atoms with Crippen molar-refractivity contribution >= 4 is 33.2 Å². The van der Waals surface area contributed by atoms with E-state index in [2.05, 4.69) is 20.9 Å². The van der Waals surface area contributed by atoms with E-state index in [9.17, 15) is 10.1 Å². The van der Waals surface area contributed by atoms with Crippen LogP contribution in [0.1, 0.15) is 5.56 Å². The van der Waals surface area contributed by atoms with Crippen LogP contribution in [-0.2, 0) is 5.33 Å². The molecule has 0 fully saturated rings. The van der Waals surface area contributed by atoms with Gasteiger partial charge in [0, 0.05) is 29.2 Å². The van der Waals surface area contributed by atoms with Gasteiger partial charge in [-0.3, -0.25) is 10.1 Å². The van der Waals surface area contributed by atoms with E-state index in [4.69, 9.17) is 16.3 Å². The fourth-order valence-corrected chi connectivity index (χ4v) is 2.05. The zero-order valence-electron chi connectivity index (χ0n) is 9.55. The molecule has 0 amide bonds. The van der Waals surface area contributed by atoms with Gasteiger partial charge in [-0.15, -0.1) is 0 Å². The molecule has 1 aromatic carbocycles. The minimum atomic E-state index is -0.514. The molecule has 1 aromatic heterocycles. The van der Waals surface area contributed by atoms with E-state index < -0.39 is 4.92 Å². The molecule has 2 aromatic rings. The molecule has 0 bridgehead atoms. The zero-order chi connectivity index (χ0) is 13.8. The highest BCUT2D eigenvalue weighted by molar-refractivity contribution is 9.08. The zero-order valence-corrected chi connectivity index (χ0v) is 11.9. The number of nitrogens with zero attached hydrogens (tertiary/aromatic N) is 2. The summed E-state index contributed by atoms with van der Waals surface area (Å²) in [5, 5.41) is 11.4. The Kier molecular flexibility index (Phi) is 4.34. The quantitative estimate of drug-likeness (QED) is 0.471. The van der Waals surface area contributed by atoms with Crippen molar-refractivity contribution in [1.82, 2.24) is 4.98 Å². The highest BCUT2D eigenvalue weighted by Gasteiger charge is 2.12. The lowest BCUT2D eigenvalue weighted by molar-refractivity contribution is -0.384. The van der Waals surface area contributed by atoms with Gasteiger partial charge in [0.25, 0.3) is 5.69 Å². The number of alkyl halides is 1. The summed E-state index contributed by atoms with van der Waals surface area (Å²) >= 11 is 9.28. The third kappa shape index (κ3) is 3.21. The lowest BCUT2D eigenvalue weighted by Gasteiger charge is -2.09. The molecule has 0 unspecified atom stereocenters. The largest absolute Gasteiger partial charge is 0.437 e. The first-order valence-electron chi connectivity index (χ1n) is 5.23. The Balaban J connectivity index is 2.31. The van der Waals surface area contributed by atoms with E-state index in [-0.39, 0.29) is 10.7 Å². The Labute approximate surface area is 122 Å². The molecule has 0 atom stereocenters. The molecular formula is C12H8BrClN2O3. The summed E-state index contributed by atoms with van der Waals surface area (Å²) < 4.78 is 5.57. The first-order valence-corrected chi connectivity index (χ1v) is 6.73. The second kappa shape index (κ2) is 5.99. The predicted molar refractivity (Wildman–Crippen MR) is 75.0 cm³/mol. The van der Waals surface area contributed by atoms with Crippen molar-refractivity contribution in [3.8, 4) is 11.6 Å². The van der Waals surface area contributed by atoms with Gasteiger partial charge in [-0.1, -0.05) is 33.6 Å². The Hall–Kier alpha value is -1.66. The Morgan fingerprint density at radius 2 is 2.21 bits per heavy atom. The molecule has 2 rings (SSSR count). The number of rotatable bonds is 4. The normalized spacial score (nSPS) is 10.2. The van der Waals surface area contributed by atoms with Crippen molar-refractivity contribution in [3.63, 3.8) is 0 Å². The fourth-order valence-electron chi connectivity index (χ4n) is 1.41. The molecule has 5 nitrogen and oxygen atoms in total. The van der Waals surface area contributed by atoms with Gasteiger partial charge in [0.2, 0.25) is 5.88 Å². The number of hydrogen-bond acceptors (Lipinski definition) is 4. The van der Waals surface area contributed by atoms with E-state index in [0.29, 0.717) is 17.0 Å². The first-order chi connectivity index (χ1) is 9.11. The van der Waals surface area contributed by atoms with Crippen LogP contribution in [0.15, 0.2) is 36.5 Å². The van der Waals surface area contributed by atoms with Gasteiger partial charge in [0.1, 0.15) is 5.75 Å². The van der Waals surface area contributed by atoms with E-state index in [1.165, 1.54) is 18.2 Å². The number of ether oxygens (including phenoxy) is 1. The molecule has 0 N–H and O–H groups in total. The molecule has 0 saturated heterocycles. The summed E-state index contributed by atoms with van der Waals surface area (Å²) in [5.74, 6) is 0.739. The van der Waals surface area contributed by atoms with E-state index >= 15 is 0 Å². The molecule has 19 heavy (non-hydrogen) atoms. The standard InChI is InChI=1S/C12H8BrClN2O3/c13-7-8-2-1-5-15-12(8)19-11-4-3-9(16(17)18)6-10(11)14/h1-6H,7H2. The number of non-ortho nitro benzene ring substituents is 1. The number of benzene rings is 1. The molecule has 0 saturated carbocycles. The van der Waals surface area contributed by atoms with Gasteiger partial charge < -0.3 is 4.74 Å². The molecule has 98 valence electrons. The number of hydrogen-bond donors (Lipinski definition) is 0. The summed E-state index contributed by atoms with van der Waals surface area (Å²) in [6.07, 6.45) is 1.60. The van der Waals surface area contributed by atoms with Crippen LogP contribution < -0.4 is 4.74 Å². The summed E-state index contributed by atoms with van der Waals surface area (Å²) in [5.41, 5.74) is 0.774. The highest BCUT2D eigenvalue weighted by atomic mass is 79.9. The first kappa shape index (κ1) is 13.8. The highest BCUT2D eigenvalue weighted by Crippen LogP contribution is 2.33. The molecule has 0 aliphatic carbocycles. The summed E-state index contributed by atoms with van der Waals surface area (Å²) in [7, 11) is 0. The molecule has 0 radical (unpaired) electrons. The lowest BCUT2D eigenvalue weighted by Crippen LogP contribution is -1.94. The predicted octanol–water partition coefficient (Wildman–Crippen LogP) is 4.33. The monoisotopic (exact) mass is 342 g/mol. The molecule has 7 heteroatoms. The van der Waals surface area contributed by atoms with Crippen molar-refractivity contribution < 1.29 is 9.66 Å². The van der Waals surface area contributed by atoms with E-state index in [1.54, 1.807) is 12.3 Å². The average Bonchev–Trinajstić information content (AvgIpc) is 2.41. The molecule has 0 spiro atoms. The van der Waals surface area contributed by atoms with Crippen LogP contribution in [0, 0.1) is 10.1 Å². The molecule has 1 heterocycles. The SMILES string of the molecule is O=[N+]([O-])c1ccc(Oc2ncccc2CBr)c(Cl)c1. The maximum atomic E-state index is 10.6. The molecule has 0 aliphatic rings. The van der Waals surface area contributed by atoms with Crippen LogP contribution >= 0.6 is 27.5 Å². The van der Waals surface area contributed by atoms with Crippen LogP contribution in [-0.4, -0.2) is 9.91 Å². The fraction of sp³-hybridized carbons (Fsp3) is 0.0833. The average molecular weight is 344 g/mol. The topological polar surface area (TPSA) is 65.3 Å². The van der Waals surface area contributed by atoms with E-state index in [1.807, 2.05) is 6.07 Å². The van der Waals surface area contributed by atoms with Crippen molar-refractivity contribution in [3.05, 3.63) is 57.2 Å². The second-order valence-corrected chi connectivity index (χ2v) is 4.54. The minimum absolute atomic E-state index is 0.0842. The minimum Gasteiger partial charge on any atom is -0.437 e. The van der Waals surface area contributed by atoms with Crippen LogP contribution in [0.4, 0.5) is 5.69 Å². The van der Waals surface area contributed by atoms with Crippen LogP contribution in [0.3, 0.4) is 0 Å². The van der Waals surface area contributed by atoms with Crippen LogP contribution in [0.5, 0.6) is 11.6 Å². The second-order valence-electron chi connectivity index (χ2n) is 3.58. The Bertz CT molecular complexity index is 622. The summed E-state index contributed by atoms with van der Waals surface area (Å²) in [4.78, 5) is 14.2. The Morgan fingerprint density at radius 1 is 1.42 bits per heavy atom. The van der Waals surface area contributed by atoms with Gasteiger partial charge in [0.05, 0.1) is 9.95 Å². The van der Waals surface area contributed by atoms with Crippen molar-refractivity contribution in [2.75, 3.05) is 0 Å². The van der Waals surface area contributed by atoms with Crippen molar-refractivity contribution in [2.45, 2.75) is 5.33 Å². The molecular weight excluding hydrogens is 336 g/mol. The smallest absolute Gasteiger partial charge is 0.271 e. The van der Waals surface area contributed by atoms with Gasteiger partial charge in [-0.05, 0) is 12.1 Å². The number of nitro groups is 1. The maximum absolute atomic E-state index is 10.6. The number of nitro benzene ring substituents is 1. The lowest BCUT2D eigenvalue weighted by atomic mass is 10.3. The number of pyridine rings is 1.